The standard InChI is InChI=1S/C23H21NO4/c1-13-10-11-17(14(2)12-13)24-18-8-5-9-19(25)20(18)22(27)21(26)15-6-3-4-7-16(15)23(22,24)28/h3-4,6-7,10-12,27-28H,5,8-9H2,1-2H3/t22-,23+/m0/s1. The van der Waals surface area contributed by atoms with Crippen LogP contribution < -0.4 is 4.90 Å². The van der Waals surface area contributed by atoms with Crippen LogP contribution >= 0.6 is 0 Å². The highest BCUT2D eigenvalue weighted by atomic mass is 16.4. The highest BCUT2D eigenvalue weighted by molar-refractivity contribution is 6.19. The molecular formula is C23H21NO4. The summed E-state index contributed by atoms with van der Waals surface area (Å²) in [5.41, 5.74) is -0.461. The van der Waals surface area contributed by atoms with E-state index in [-0.39, 0.29) is 23.3 Å². The summed E-state index contributed by atoms with van der Waals surface area (Å²) in [5.74, 6) is -0.879. The Balaban J connectivity index is 1.88. The van der Waals surface area contributed by atoms with E-state index in [4.69, 9.17) is 0 Å². The number of anilines is 1. The van der Waals surface area contributed by atoms with Gasteiger partial charge in [0.25, 0.3) is 0 Å². The molecular weight excluding hydrogens is 354 g/mol. The summed E-state index contributed by atoms with van der Waals surface area (Å²) in [5, 5.41) is 23.7. The first-order valence-electron chi connectivity index (χ1n) is 9.55. The maximum atomic E-state index is 13.3. The molecule has 2 N–H and O–H groups in total. The molecule has 0 saturated carbocycles. The topological polar surface area (TPSA) is 77.8 Å². The Hall–Kier alpha value is -2.76. The lowest BCUT2D eigenvalue weighted by Crippen LogP contribution is -2.58. The minimum atomic E-state index is -2.29. The Labute approximate surface area is 162 Å². The van der Waals surface area contributed by atoms with E-state index in [0.717, 1.165) is 11.1 Å². The molecule has 5 rings (SSSR count). The number of Topliss-reactive ketones (excluding diaryl/α,β-unsaturated/α-hetero) is 2. The molecule has 0 fully saturated rings. The third-order valence-corrected chi connectivity index (χ3v) is 6.31. The zero-order valence-electron chi connectivity index (χ0n) is 15.8. The average Bonchev–Trinajstić information content (AvgIpc) is 2.98. The monoisotopic (exact) mass is 375 g/mol. The third kappa shape index (κ3) is 1.79. The van der Waals surface area contributed by atoms with E-state index in [1.54, 1.807) is 29.2 Å². The van der Waals surface area contributed by atoms with Gasteiger partial charge >= 0.3 is 0 Å². The van der Waals surface area contributed by atoms with Gasteiger partial charge < -0.3 is 15.1 Å². The summed E-state index contributed by atoms with van der Waals surface area (Å²) in [6.45, 7) is 3.91. The predicted molar refractivity (Wildman–Crippen MR) is 104 cm³/mol. The molecule has 5 heteroatoms. The summed E-state index contributed by atoms with van der Waals surface area (Å²) in [4.78, 5) is 27.8. The van der Waals surface area contributed by atoms with Gasteiger partial charge in [0.2, 0.25) is 17.1 Å². The zero-order valence-corrected chi connectivity index (χ0v) is 15.8. The quantitative estimate of drug-likeness (QED) is 0.801. The van der Waals surface area contributed by atoms with Crippen LogP contribution in [-0.4, -0.2) is 27.4 Å². The molecule has 2 aliphatic carbocycles. The maximum absolute atomic E-state index is 13.3. The van der Waals surface area contributed by atoms with Crippen LogP contribution in [0.25, 0.3) is 0 Å². The SMILES string of the molecule is Cc1ccc(N2C3=C(C(=O)CCC3)[C@]3(O)C(=O)c4ccccc4[C@]23O)c(C)c1. The van der Waals surface area contributed by atoms with Crippen molar-refractivity contribution in [3.05, 3.63) is 76.0 Å². The van der Waals surface area contributed by atoms with Crippen molar-refractivity contribution >= 4 is 17.3 Å². The number of ketones is 2. The van der Waals surface area contributed by atoms with Crippen molar-refractivity contribution in [2.24, 2.45) is 0 Å². The Morgan fingerprint density at radius 1 is 1.00 bits per heavy atom. The zero-order chi connectivity index (χ0) is 19.8. The fraction of sp³-hybridized carbons (Fsp3) is 0.304. The first-order chi connectivity index (χ1) is 13.3. The van der Waals surface area contributed by atoms with Crippen LogP contribution in [-0.2, 0) is 10.5 Å². The van der Waals surface area contributed by atoms with Crippen LogP contribution in [0.15, 0.2) is 53.7 Å². The average molecular weight is 375 g/mol. The smallest absolute Gasteiger partial charge is 0.211 e. The fourth-order valence-corrected chi connectivity index (χ4v) is 5.14. The van der Waals surface area contributed by atoms with Gasteiger partial charge in [0.15, 0.2) is 5.78 Å². The highest BCUT2D eigenvalue weighted by Crippen LogP contribution is 2.60. The van der Waals surface area contributed by atoms with E-state index < -0.39 is 17.1 Å². The summed E-state index contributed by atoms with van der Waals surface area (Å²) in [6, 6.07) is 12.5. The summed E-state index contributed by atoms with van der Waals surface area (Å²) in [6.07, 6.45) is 1.41. The van der Waals surface area contributed by atoms with Gasteiger partial charge in [-0.1, -0.05) is 42.0 Å². The van der Waals surface area contributed by atoms with Crippen LogP contribution in [0.3, 0.4) is 0 Å². The fourth-order valence-electron chi connectivity index (χ4n) is 5.14. The van der Waals surface area contributed by atoms with E-state index in [9.17, 15) is 19.8 Å². The molecule has 2 atom stereocenters. The molecule has 0 saturated heterocycles. The van der Waals surface area contributed by atoms with Gasteiger partial charge in [-0.3, -0.25) is 9.59 Å². The van der Waals surface area contributed by atoms with Crippen molar-refractivity contribution in [2.45, 2.75) is 44.4 Å². The molecule has 0 aromatic heterocycles. The molecule has 0 amide bonds. The van der Waals surface area contributed by atoms with Gasteiger partial charge in [0, 0.05) is 28.9 Å². The number of nitrogens with zero attached hydrogens (tertiary/aromatic N) is 1. The van der Waals surface area contributed by atoms with Crippen LogP contribution in [0.4, 0.5) is 5.69 Å². The van der Waals surface area contributed by atoms with Crippen LogP contribution in [0.1, 0.15) is 46.3 Å². The third-order valence-electron chi connectivity index (χ3n) is 6.31. The van der Waals surface area contributed by atoms with Gasteiger partial charge in [-0.2, -0.15) is 0 Å². The highest BCUT2D eigenvalue weighted by Gasteiger charge is 2.73. The minimum Gasteiger partial charge on any atom is -0.372 e. The summed E-state index contributed by atoms with van der Waals surface area (Å²) in [7, 11) is 0. The molecule has 28 heavy (non-hydrogen) atoms. The molecule has 142 valence electrons. The van der Waals surface area contributed by atoms with Crippen molar-refractivity contribution in [2.75, 3.05) is 4.90 Å². The maximum Gasteiger partial charge on any atom is 0.211 e. The molecule has 2 aromatic carbocycles. The number of hydrogen-bond acceptors (Lipinski definition) is 5. The lowest BCUT2D eigenvalue weighted by molar-refractivity contribution is -0.123. The number of carbonyl (C=O) groups excluding carboxylic acids is 2. The van der Waals surface area contributed by atoms with Gasteiger partial charge in [-0.05, 0) is 38.3 Å². The van der Waals surface area contributed by atoms with Crippen molar-refractivity contribution < 1.29 is 19.8 Å². The van der Waals surface area contributed by atoms with Crippen LogP contribution in [0.5, 0.6) is 0 Å². The Morgan fingerprint density at radius 3 is 2.50 bits per heavy atom. The molecule has 0 radical (unpaired) electrons. The van der Waals surface area contributed by atoms with Gasteiger partial charge in [-0.15, -0.1) is 0 Å². The largest absolute Gasteiger partial charge is 0.372 e. The van der Waals surface area contributed by atoms with Gasteiger partial charge in [0.05, 0.1) is 5.57 Å². The number of fused-ring (bicyclic) bond motifs is 4. The van der Waals surface area contributed by atoms with Gasteiger partial charge in [0.1, 0.15) is 0 Å². The number of rotatable bonds is 1. The number of hydrogen-bond donors (Lipinski definition) is 2. The predicted octanol–water partition coefficient (Wildman–Crippen LogP) is 2.90. The molecule has 3 aliphatic rings. The first-order valence-corrected chi connectivity index (χ1v) is 9.55. The second kappa shape index (κ2) is 5.40. The van der Waals surface area contributed by atoms with Gasteiger partial charge in [-0.25, -0.2) is 0 Å². The number of benzene rings is 2. The first kappa shape index (κ1) is 17.3. The molecule has 0 spiro atoms. The molecule has 0 bridgehead atoms. The number of allylic oxidation sites excluding steroid dienone is 1. The molecule has 5 nitrogen and oxygen atoms in total. The lowest BCUT2D eigenvalue weighted by Gasteiger charge is -2.41. The Morgan fingerprint density at radius 2 is 1.75 bits per heavy atom. The van der Waals surface area contributed by atoms with Crippen molar-refractivity contribution in [3.63, 3.8) is 0 Å². The molecule has 1 aliphatic heterocycles. The number of aryl methyl sites for hydroxylation is 2. The van der Waals surface area contributed by atoms with E-state index in [2.05, 4.69) is 0 Å². The lowest BCUT2D eigenvalue weighted by atomic mass is 9.80. The van der Waals surface area contributed by atoms with Crippen molar-refractivity contribution in [3.8, 4) is 0 Å². The summed E-state index contributed by atoms with van der Waals surface area (Å²) < 4.78 is 0. The Bertz CT molecular complexity index is 1100. The van der Waals surface area contributed by atoms with E-state index >= 15 is 0 Å². The van der Waals surface area contributed by atoms with Crippen LogP contribution in [0.2, 0.25) is 0 Å². The van der Waals surface area contributed by atoms with Crippen molar-refractivity contribution in [1.82, 2.24) is 0 Å². The second-order valence-corrected chi connectivity index (χ2v) is 7.98. The molecule has 2 aromatic rings. The van der Waals surface area contributed by atoms with Crippen molar-refractivity contribution in [1.29, 1.82) is 0 Å². The van der Waals surface area contributed by atoms with Crippen LogP contribution in [0, 0.1) is 13.8 Å². The normalized spacial score (nSPS) is 28.5. The number of carbonyl (C=O) groups is 2. The van der Waals surface area contributed by atoms with E-state index in [1.165, 1.54) is 0 Å². The van der Waals surface area contributed by atoms with E-state index in [0.29, 0.717) is 29.8 Å². The second-order valence-electron chi connectivity index (χ2n) is 7.98. The molecule has 1 heterocycles. The summed E-state index contributed by atoms with van der Waals surface area (Å²) >= 11 is 0. The minimum absolute atomic E-state index is 0.0578. The van der Waals surface area contributed by atoms with E-state index in [1.807, 2.05) is 32.0 Å². The number of aliphatic hydroxyl groups is 2. The molecule has 0 unspecified atom stereocenters. The Kier molecular flexibility index (Phi) is 3.35.